The molecule has 0 spiro atoms. The molecule has 1 unspecified atom stereocenters. The number of carboxylic acids is 1. The van der Waals surface area contributed by atoms with E-state index in [0.29, 0.717) is 11.3 Å². The van der Waals surface area contributed by atoms with Gasteiger partial charge >= 0.3 is 5.97 Å². The molecule has 0 heterocycles. The van der Waals surface area contributed by atoms with Crippen LogP contribution in [0.15, 0.2) is 72.8 Å². The quantitative estimate of drug-likeness (QED) is 0.507. The summed E-state index contributed by atoms with van der Waals surface area (Å²) >= 11 is 0. The van der Waals surface area contributed by atoms with Crippen molar-refractivity contribution in [2.24, 2.45) is 5.92 Å². The summed E-state index contributed by atoms with van der Waals surface area (Å²) in [7, 11) is 0. The summed E-state index contributed by atoms with van der Waals surface area (Å²) in [6.45, 7) is 3.45. The lowest BCUT2D eigenvalue weighted by atomic mass is 10.0. The molecule has 0 saturated heterocycles. The predicted molar refractivity (Wildman–Crippen MR) is 120 cm³/mol. The van der Waals surface area contributed by atoms with Crippen molar-refractivity contribution in [1.29, 1.82) is 0 Å². The molecule has 3 rings (SSSR count). The van der Waals surface area contributed by atoms with E-state index in [1.807, 2.05) is 0 Å². The molecule has 3 aromatic carbocycles. The summed E-state index contributed by atoms with van der Waals surface area (Å²) in [5.74, 6) is -2.90. The van der Waals surface area contributed by atoms with Gasteiger partial charge in [0, 0.05) is 11.3 Å². The van der Waals surface area contributed by atoms with Crippen molar-refractivity contribution >= 4 is 23.5 Å². The van der Waals surface area contributed by atoms with Crippen LogP contribution in [0.3, 0.4) is 0 Å². The summed E-state index contributed by atoms with van der Waals surface area (Å²) in [5.41, 5.74) is 2.53. The van der Waals surface area contributed by atoms with Crippen LogP contribution in [0.1, 0.15) is 34.6 Å². The van der Waals surface area contributed by atoms with E-state index in [9.17, 15) is 23.9 Å². The van der Waals surface area contributed by atoms with E-state index >= 15 is 0 Å². The monoisotopic (exact) mass is 434 g/mol. The fraction of sp³-hybridized carbons (Fsp3) is 0.160. The van der Waals surface area contributed by atoms with Gasteiger partial charge in [-0.05, 0) is 53.4 Å². The molecule has 3 aromatic rings. The molecule has 0 bridgehead atoms. The Labute approximate surface area is 185 Å². The number of aliphatic carboxylic acids is 1. The largest absolute Gasteiger partial charge is 0.480 e. The van der Waals surface area contributed by atoms with Crippen molar-refractivity contribution in [3.63, 3.8) is 0 Å². The van der Waals surface area contributed by atoms with Crippen LogP contribution in [0.25, 0.3) is 11.1 Å². The van der Waals surface area contributed by atoms with E-state index in [0.717, 1.165) is 11.1 Å². The molecule has 0 aromatic heterocycles. The van der Waals surface area contributed by atoms with E-state index in [1.54, 1.807) is 68.4 Å². The standard InChI is InChI=1S/C25H23FN2O4/c1-15(2)22(25(31)32)28-23(29)18-9-7-16(8-10-18)17-11-13-19(14-12-17)27-24(30)20-5-3-4-6-21(20)26/h3-15,22H,1-2H3,(H,27,30)(H,28,29)(H,31,32). The van der Waals surface area contributed by atoms with E-state index in [-0.39, 0.29) is 11.5 Å². The minimum atomic E-state index is -1.08. The third-order valence-electron chi connectivity index (χ3n) is 4.96. The van der Waals surface area contributed by atoms with E-state index in [4.69, 9.17) is 0 Å². The van der Waals surface area contributed by atoms with Crippen molar-refractivity contribution in [3.8, 4) is 11.1 Å². The Kier molecular flexibility index (Phi) is 7.00. The van der Waals surface area contributed by atoms with Gasteiger partial charge in [0.1, 0.15) is 11.9 Å². The molecule has 0 fully saturated rings. The topological polar surface area (TPSA) is 95.5 Å². The average Bonchev–Trinajstić information content (AvgIpc) is 2.77. The van der Waals surface area contributed by atoms with Gasteiger partial charge < -0.3 is 15.7 Å². The second kappa shape index (κ2) is 9.87. The molecular weight excluding hydrogens is 411 g/mol. The molecule has 164 valence electrons. The van der Waals surface area contributed by atoms with E-state index in [2.05, 4.69) is 10.6 Å². The number of carbonyl (C=O) groups is 3. The van der Waals surface area contributed by atoms with Gasteiger partial charge in [0.25, 0.3) is 11.8 Å². The van der Waals surface area contributed by atoms with Crippen molar-refractivity contribution < 1.29 is 23.9 Å². The number of benzene rings is 3. The van der Waals surface area contributed by atoms with Gasteiger partial charge in [-0.1, -0.05) is 50.2 Å². The highest BCUT2D eigenvalue weighted by molar-refractivity contribution is 6.04. The van der Waals surface area contributed by atoms with Crippen LogP contribution in [0.2, 0.25) is 0 Å². The number of amides is 2. The SMILES string of the molecule is CC(C)C(NC(=O)c1ccc(-c2ccc(NC(=O)c3ccccc3F)cc2)cc1)C(=O)O. The summed E-state index contributed by atoms with van der Waals surface area (Å²) in [6, 6.07) is 18.5. The Morgan fingerprint density at radius 1 is 0.812 bits per heavy atom. The normalized spacial score (nSPS) is 11.6. The second-order valence-corrected chi connectivity index (χ2v) is 7.62. The van der Waals surface area contributed by atoms with Crippen LogP contribution in [-0.2, 0) is 4.79 Å². The van der Waals surface area contributed by atoms with Crippen molar-refractivity contribution in [1.82, 2.24) is 5.32 Å². The van der Waals surface area contributed by atoms with Crippen molar-refractivity contribution in [2.75, 3.05) is 5.32 Å². The van der Waals surface area contributed by atoms with Crippen LogP contribution in [-0.4, -0.2) is 28.9 Å². The number of hydrogen-bond acceptors (Lipinski definition) is 3. The number of nitrogens with one attached hydrogen (secondary N) is 2. The van der Waals surface area contributed by atoms with Crippen LogP contribution < -0.4 is 10.6 Å². The number of carbonyl (C=O) groups excluding carboxylic acids is 2. The lowest BCUT2D eigenvalue weighted by molar-refractivity contribution is -0.140. The first kappa shape index (κ1) is 22.7. The summed E-state index contributed by atoms with van der Waals surface area (Å²) in [5, 5.41) is 14.4. The zero-order valence-corrected chi connectivity index (χ0v) is 17.6. The van der Waals surface area contributed by atoms with Crippen LogP contribution in [0.5, 0.6) is 0 Å². The predicted octanol–water partition coefficient (Wildman–Crippen LogP) is 4.58. The minimum absolute atomic E-state index is 0.0342. The van der Waals surface area contributed by atoms with Gasteiger partial charge in [-0.3, -0.25) is 9.59 Å². The lowest BCUT2D eigenvalue weighted by Gasteiger charge is -2.18. The van der Waals surface area contributed by atoms with Gasteiger partial charge in [0.05, 0.1) is 5.56 Å². The maximum Gasteiger partial charge on any atom is 0.326 e. The lowest BCUT2D eigenvalue weighted by Crippen LogP contribution is -2.44. The molecule has 0 radical (unpaired) electrons. The third kappa shape index (κ3) is 5.37. The molecule has 7 heteroatoms. The van der Waals surface area contributed by atoms with Crippen LogP contribution >= 0.6 is 0 Å². The van der Waals surface area contributed by atoms with Crippen LogP contribution in [0.4, 0.5) is 10.1 Å². The summed E-state index contributed by atoms with van der Waals surface area (Å²) < 4.78 is 13.7. The van der Waals surface area contributed by atoms with Gasteiger partial charge in [0.2, 0.25) is 0 Å². The molecule has 3 N–H and O–H groups in total. The Balaban J connectivity index is 1.67. The fourth-order valence-corrected chi connectivity index (χ4v) is 3.14. The van der Waals surface area contributed by atoms with Gasteiger partial charge in [-0.2, -0.15) is 0 Å². The molecular formula is C25H23FN2O4. The Bertz CT molecular complexity index is 1130. The summed E-state index contributed by atoms with van der Waals surface area (Å²) in [6.07, 6.45) is 0. The molecule has 1 atom stereocenters. The van der Waals surface area contributed by atoms with Crippen LogP contribution in [0, 0.1) is 11.7 Å². The van der Waals surface area contributed by atoms with E-state index < -0.39 is 29.6 Å². The molecule has 0 aliphatic rings. The average molecular weight is 434 g/mol. The first-order valence-corrected chi connectivity index (χ1v) is 10.1. The number of anilines is 1. The number of carboxylic acid groups (broad SMARTS) is 1. The highest BCUT2D eigenvalue weighted by Crippen LogP contribution is 2.22. The minimum Gasteiger partial charge on any atom is -0.480 e. The zero-order chi connectivity index (χ0) is 23.3. The highest BCUT2D eigenvalue weighted by atomic mass is 19.1. The summed E-state index contributed by atoms with van der Waals surface area (Å²) in [4.78, 5) is 35.9. The second-order valence-electron chi connectivity index (χ2n) is 7.62. The highest BCUT2D eigenvalue weighted by Gasteiger charge is 2.23. The third-order valence-corrected chi connectivity index (χ3v) is 4.96. The molecule has 32 heavy (non-hydrogen) atoms. The number of hydrogen-bond donors (Lipinski definition) is 3. The zero-order valence-electron chi connectivity index (χ0n) is 17.6. The molecule has 2 amide bonds. The van der Waals surface area contributed by atoms with Gasteiger partial charge in [0.15, 0.2) is 0 Å². The maximum atomic E-state index is 13.7. The fourth-order valence-electron chi connectivity index (χ4n) is 3.14. The molecule has 0 aliphatic heterocycles. The first-order chi connectivity index (χ1) is 15.3. The smallest absolute Gasteiger partial charge is 0.326 e. The molecule has 0 saturated carbocycles. The first-order valence-electron chi connectivity index (χ1n) is 10.1. The number of halogens is 1. The van der Waals surface area contributed by atoms with E-state index in [1.165, 1.54) is 18.2 Å². The Morgan fingerprint density at radius 2 is 1.38 bits per heavy atom. The van der Waals surface area contributed by atoms with Crippen molar-refractivity contribution in [3.05, 3.63) is 89.7 Å². The molecule has 6 nitrogen and oxygen atoms in total. The molecule has 0 aliphatic carbocycles. The Morgan fingerprint density at radius 3 is 1.91 bits per heavy atom. The maximum absolute atomic E-state index is 13.7. The van der Waals surface area contributed by atoms with Crippen molar-refractivity contribution in [2.45, 2.75) is 19.9 Å². The van der Waals surface area contributed by atoms with Gasteiger partial charge in [-0.15, -0.1) is 0 Å². The number of rotatable bonds is 7. The Hall–Kier alpha value is -4.00. The van der Waals surface area contributed by atoms with Gasteiger partial charge in [-0.25, -0.2) is 9.18 Å².